The van der Waals surface area contributed by atoms with E-state index in [1.807, 2.05) is 48.5 Å². The highest BCUT2D eigenvalue weighted by Crippen LogP contribution is 2.40. The summed E-state index contributed by atoms with van der Waals surface area (Å²) in [6, 6.07) is 15.9. The molecule has 3 heterocycles. The Kier molecular flexibility index (Phi) is 3.55. The van der Waals surface area contributed by atoms with Crippen molar-refractivity contribution in [3.63, 3.8) is 0 Å². The Hall–Kier alpha value is -3.55. The lowest BCUT2D eigenvalue weighted by Gasteiger charge is -2.08. The van der Waals surface area contributed by atoms with E-state index >= 15 is 0 Å². The molecule has 0 saturated heterocycles. The van der Waals surface area contributed by atoms with E-state index in [-0.39, 0.29) is 0 Å². The van der Waals surface area contributed by atoms with E-state index < -0.39 is 11.9 Å². The molecule has 0 unspecified atom stereocenters. The molecular formula is C20H13F3N4O. The van der Waals surface area contributed by atoms with Gasteiger partial charge < -0.3 is 10.1 Å². The molecule has 1 aliphatic rings. The topological polar surface area (TPSA) is 51.5 Å². The first-order valence-corrected chi connectivity index (χ1v) is 8.53. The molecule has 0 aliphatic carbocycles. The molecule has 5 rings (SSSR count). The second kappa shape index (κ2) is 5.98. The van der Waals surface area contributed by atoms with Gasteiger partial charge in [0.1, 0.15) is 23.5 Å². The van der Waals surface area contributed by atoms with Gasteiger partial charge in [0.15, 0.2) is 6.73 Å². The van der Waals surface area contributed by atoms with Gasteiger partial charge in [0.2, 0.25) is 0 Å². The van der Waals surface area contributed by atoms with Crippen molar-refractivity contribution < 1.29 is 17.9 Å². The van der Waals surface area contributed by atoms with Gasteiger partial charge in [0.05, 0.1) is 11.2 Å². The van der Waals surface area contributed by atoms with Gasteiger partial charge in [-0.05, 0) is 23.8 Å². The number of hydrogen-bond donors (Lipinski definition) is 1. The van der Waals surface area contributed by atoms with Gasteiger partial charge in [-0.25, -0.2) is 9.50 Å². The molecule has 4 aromatic rings. The zero-order valence-electron chi connectivity index (χ0n) is 14.4. The average Bonchev–Trinajstić information content (AvgIpc) is 3.31. The van der Waals surface area contributed by atoms with Gasteiger partial charge in [-0.2, -0.15) is 18.3 Å². The molecule has 2 aromatic carbocycles. The standard InChI is InChI=1S/C20H13F3N4O/c21-20(22,23)17-9-15-18(13-6-7-14-16(8-13)28-11-25-14)19(26-27(15)10-24-17)12-4-2-1-3-5-12/h1-10,25H,11H2. The highest BCUT2D eigenvalue weighted by molar-refractivity contribution is 5.93. The first-order chi connectivity index (χ1) is 13.5. The van der Waals surface area contributed by atoms with E-state index in [0.29, 0.717) is 29.3 Å². The number of ether oxygens (including phenoxy) is 1. The summed E-state index contributed by atoms with van der Waals surface area (Å²) >= 11 is 0. The zero-order valence-corrected chi connectivity index (χ0v) is 14.4. The van der Waals surface area contributed by atoms with Gasteiger partial charge in [0.25, 0.3) is 0 Å². The van der Waals surface area contributed by atoms with Crippen LogP contribution >= 0.6 is 0 Å². The van der Waals surface area contributed by atoms with Crippen LogP contribution < -0.4 is 10.1 Å². The normalized spacial score (nSPS) is 13.2. The van der Waals surface area contributed by atoms with Crippen LogP contribution in [0.15, 0.2) is 60.9 Å². The third kappa shape index (κ3) is 2.65. The molecule has 5 nitrogen and oxygen atoms in total. The smallest absolute Gasteiger partial charge is 0.433 e. The summed E-state index contributed by atoms with van der Waals surface area (Å²) in [6.07, 6.45) is -3.44. The molecule has 8 heteroatoms. The van der Waals surface area contributed by atoms with E-state index in [4.69, 9.17) is 4.74 Å². The second-order valence-electron chi connectivity index (χ2n) is 6.37. The number of hydrogen-bond acceptors (Lipinski definition) is 4. The summed E-state index contributed by atoms with van der Waals surface area (Å²) in [5.74, 6) is 0.654. The molecule has 0 radical (unpaired) electrons. The fraction of sp³-hybridized carbons (Fsp3) is 0.100. The number of fused-ring (bicyclic) bond motifs is 2. The predicted molar refractivity (Wildman–Crippen MR) is 98.0 cm³/mol. The fourth-order valence-electron chi connectivity index (χ4n) is 3.33. The number of anilines is 1. The maximum Gasteiger partial charge on any atom is 0.433 e. The van der Waals surface area contributed by atoms with Gasteiger partial charge in [0, 0.05) is 11.1 Å². The number of rotatable bonds is 2. The minimum Gasteiger partial charge on any atom is -0.471 e. The molecular weight excluding hydrogens is 369 g/mol. The van der Waals surface area contributed by atoms with Crippen LogP contribution in [0.1, 0.15) is 5.69 Å². The van der Waals surface area contributed by atoms with Crippen LogP contribution in [0.25, 0.3) is 27.9 Å². The Morgan fingerprint density at radius 1 is 1.00 bits per heavy atom. The van der Waals surface area contributed by atoms with Crippen molar-refractivity contribution >= 4 is 11.2 Å². The number of halogens is 3. The van der Waals surface area contributed by atoms with E-state index in [1.165, 1.54) is 4.52 Å². The van der Waals surface area contributed by atoms with Crippen molar-refractivity contribution in [2.75, 3.05) is 12.0 Å². The maximum absolute atomic E-state index is 13.2. The molecule has 0 bridgehead atoms. The molecule has 1 aliphatic heterocycles. The Bertz CT molecular complexity index is 1190. The lowest BCUT2D eigenvalue weighted by Crippen LogP contribution is -2.08. The number of nitrogens with zero attached hydrogens (tertiary/aromatic N) is 3. The average molecular weight is 382 g/mol. The molecule has 140 valence electrons. The number of benzene rings is 2. The van der Waals surface area contributed by atoms with Crippen molar-refractivity contribution in [1.82, 2.24) is 14.6 Å². The van der Waals surface area contributed by atoms with Crippen molar-refractivity contribution in [1.29, 1.82) is 0 Å². The number of nitrogens with one attached hydrogen (secondary N) is 1. The monoisotopic (exact) mass is 382 g/mol. The number of alkyl halides is 3. The summed E-state index contributed by atoms with van der Waals surface area (Å²) in [5, 5.41) is 7.59. The Morgan fingerprint density at radius 3 is 2.61 bits per heavy atom. The largest absolute Gasteiger partial charge is 0.471 e. The highest BCUT2D eigenvalue weighted by Gasteiger charge is 2.33. The SMILES string of the molecule is FC(F)(F)c1cc2c(-c3ccc4c(c3)OCN4)c(-c3ccccc3)nn2cn1. The van der Waals surface area contributed by atoms with E-state index in [2.05, 4.69) is 15.4 Å². The van der Waals surface area contributed by atoms with Crippen LogP contribution in [-0.4, -0.2) is 21.3 Å². The minimum absolute atomic E-state index is 0.326. The summed E-state index contributed by atoms with van der Waals surface area (Å²) < 4.78 is 46.6. The summed E-state index contributed by atoms with van der Waals surface area (Å²) in [7, 11) is 0. The third-order valence-electron chi connectivity index (χ3n) is 4.63. The molecule has 1 N–H and O–H groups in total. The van der Waals surface area contributed by atoms with Gasteiger partial charge in [-0.15, -0.1) is 0 Å². The van der Waals surface area contributed by atoms with Crippen LogP contribution in [-0.2, 0) is 6.18 Å². The summed E-state index contributed by atoms with van der Waals surface area (Å²) in [6.45, 7) is 0.362. The van der Waals surface area contributed by atoms with Crippen molar-refractivity contribution in [3.8, 4) is 28.1 Å². The van der Waals surface area contributed by atoms with Gasteiger partial charge in [-0.3, -0.25) is 0 Å². The van der Waals surface area contributed by atoms with E-state index in [9.17, 15) is 13.2 Å². The lowest BCUT2D eigenvalue weighted by atomic mass is 9.99. The first kappa shape index (κ1) is 16.6. The van der Waals surface area contributed by atoms with E-state index in [1.54, 1.807) is 0 Å². The van der Waals surface area contributed by atoms with Crippen LogP contribution in [0.2, 0.25) is 0 Å². The van der Waals surface area contributed by atoms with Crippen LogP contribution in [0.4, 0.5) is 18.9 Å². The Labute approximate surface area is 157 Å². The zero-order chi connectivity index (χ0) is 19.3. The molecule has 0 atom stereocenters. The quantitative estimate of drug-likeness (QED) is 0.539. The molecule has 0 saturated carbocycles. The van der Waals surface area contributed by atoms with Crippen molar-refractivity contribution in [3.05, 3.63) is 66.6 Å². The summed E-state index contributed by atoms with van der Waals surface area (Å²) in [5.41, 5.74) is 2.90. The lowest BCUT2D eigenvalue weighted by molar-refractivity contribution is -0.141. The molecule has 2 aromatic heterocycles. The maximum atomic E-state index is 13.2. The highest BCUT2D eigenvalue weighted by atomic mass is 19.4. The molecule has 0 fully saturated rings. The molecule has 0 amide bonds. The van der Waals surface area contributed by atoms with Crippen molar-refractivity contribution in [2.45, 2.75) is 6.18 Å². The Morgan fingerprint density at radius 2 is 1.82 bits per heavy atom. The number of aromatic nitrogens is 3. The van der Waals surface area contributed by atoms with E-state index in [0.717, 1.165) is 29.2 Å². The van der Waals surface area contributed by atoms with Gasteiger partial charge in [-0.1, -0.05) is 36.4 Å². The third-order valence-corrected chi connectivity index (χ3v) is 4.63. The molecule has 28 heavy (non-hydrogen) atoms. The fourth-order valence-corrected chi connectivity index (χ4v) is 3.33. The van der Waals surface area contributed by atoms with Gasteiger partial charge >= 0.3 is 6.18 Å². The van der Waals surface area contributed by atoms with Crippen LogP contribution in [0.3, 0.4) is 0 Å². The van der Waals surface area contributed by atoms with Crippen molar-refractivity contribution in [2.24, 2.45) is 0 Å². The van der Waals surface area contributed by atoms with Crippen LogP contribution in [0, 0.1) is 0 Å². The predicted octanol–water partition coefficient (Wildman–Crippen LogP) is 4.84. The minimum atomic E-state index is -4.54. The summed E-state index contributed by atoms with van der Waals surface area (Å²) in [4.78, 5) is 3.52. The first-order valence-electron chi connectivity index (χ1n) is 8.53. The second-order valence-corrected chi connectivity index (χ2v) is 6.37. The molecule has 0 spiro atoms. The van der Waals surface area contributed by atoms with Crippen LogP contribution in [0.5, 0.6) is 5.75 Å². The Balaban J connectivity index is 1.81.